The lowest BCUT2D eigenvalue weighted by atomic mass is 10.0. The van der Waals surface area contributed by atoms with Crippen LogP contribution in [0.15, 0.2) is 140 Å². The van der Waals surface area contributed by atoms with Gasteiger partial charge in [0.15, 0.2) is 0 Å². The molecule has 396 valence electrons. The van der Waals surface area contributed by atoms with E-state index in [1.54, 1.807) is 66.7 Å². The molecule has 10 nitrogen and oxygen atoms in total. The van der Waals surface area contributed by atoms with Gasteiger partial charge in [0.1, 0.15) is 40.3 Å². The fourth-order valence-electron chi connectivity index (χ4n) is 8.44. The minimum Gasteiger partial charge on any atom is -0.494 e. The van der Waals surface area contributed by atoms with Crippen molar-refractivity contribution in [3.05, 3.63) is 168 Å². The highest BCUT2D eigenvalue weighted by molar-refractivity contribution is 5.94. The molecule has 6 aromatic carbocycles. The quantitative estimate of drug-likeness (QED) is 0.0224. The average molecular weight is 1020 g/mol. The van der Waals surface area contributed by atoms with Crippen LogP contribution in [-0.4, -0.2) is 37.1 Å². The maximum Gasteiger partial charge on any atom is 0.343 e. The lowest BCUT2D eigenvalue weighted by molar-refractivity contribution is 0.0720. The highest BCUT2D eigenvalue weighted by Crippen LogP contribution is 2.30. The summed E-state index contributed by atoms with van der Waals surface area (Å²) in [5, 5.41) is 0. The number of ether oxygens (including phenoxy) is 6. The van der Waals surface area contributed by atoms with Gasteiger partial charge in [0.25, 0.3) is 0 Å². The van der Waals surface area contributed by atoms with Gasteiger partial charge in [0.05, 0.1) is 35.5 Å². The molecule has 0 radical (unpaired) electrons. The van der Waals surface area contributed by atoms with Gasteiger partial charge in [-0.25, -0.2) is 23.6 Å². The highest BCUT2D eigenvalue weighted by Gasteiger charge is 2.17. The van der Waals surface area contributed by atoms with Crippen molar-refractivity contribution < 1.29 is 52.0 Å². The van der Waals surface area contributed by atoms with Crippen LogP contribution in [0.4, 0.5) is 4.39 Å². The Hall–Kier alpha value is -7.27. The standard InChI is InChI=1S/C64H73FO10/c1-3-5-7-9-11-13-15-17-19-21-44-70-53-34-26-48(27-35-53)61(66)72-55-38-30-50(31-39-55)63(68)74-57-25-23-24-52(46-57)59-43-42-58(47-60(59)65)75-64(69)51-32-40-56(41-33-51)73-62(67)49-28-36-54(37-29-49)71-45-22-20-18-16-14-12-10-8-6-4-2/h23-43,46-47H,3-22,44-45H2,1-2H3. The number of hydrogen-bond acceptors (Lipinski definition) is 10. The monoisotopic (exact) mass is 1020 g/mol. The Labute approximate surface area is 442 Å². The summed E-state index contributed by atoms with van der Waals surface area (Å²) in [6, 6.07) is 35.8. The molecule has 0 heterocycles. The third kappa shape index (κ3) is 20.2. The number of esters is 4. The van der Waals surface area contributed by atoms with E-state index in [1.165, 1.54) is 169 Å². The van der Waals surface area contributed by atoms with Crippen molar-refractivity contribution in [1.29, 1.82) is 0 Å². The van der Waals surface area contributed by atoms with Crippen LogP contribution in [0.2, 0.25) is 0 Å². The van der Waals surface area contributed by atoms with Crippen LogP contribution >= 0.6 is 0 Å². The average Bonchev–Trinajstić information content (AvgIpc) is 3.42. The molecule has 75 heavy (non-hydrogen) atoms. The minimum atomic E-state index is -0.737. The van der Waals surface area contributed by atoms with E-state index in [-0.39, 0.29) is 39.7 Å². The Kier molecular flexibility index (Phi) is 24.4. The molecule has 6 aromatic rings. The number of unbranched alkanes of at least 4 members (excludes halogenated alkanes) is 18. The number of halogens is 1. The second-order valence-corrected chi connectivity index (χ2v) is 18.9. The van der Waals surface area contributed by atoms with E-state index in [0.717, 1.165) is 31.7 Å². The van der Waals surface area contributed by atoms with E-state index in [4.69, 9.17) is 28.4 Å². The third-order valence-electron chi connectivity index (χ3n) is 12.8. The third-order valence-corrected chi connectivity index (χ3v) is 12.8. The molecule has 0 saturated heterocycles. The Morgan fingerprint density at radius 2 is 0.640 bits per heavy atom. The van der Waals surface area contributed by atoms with Crippen molar-refractivity contribution in [1.82, 2.24) is 0 Å². The van der Waals surface area contributed by atoms with Gasteiger partial charge in [-0.05, 0) is 140 Å². The van der Waals surface area contributed by atoms with Gasteiger partial charge >= 0.3 is 23.9 Å². The number of benzene rings is 6. The van der Waals surface area contributed by atoms with Gasteiger partial charge in [0.2, 0.25) is 0 Å². The van der Waals surface area contributed by atoms with Crippen LogP contribution in [0.3, 0.4) is 0 Å². The lowest BCUT2D eigenvalue weighted by Crippen LogP contribution is -2.10. The van der Waals surface area contributed by atoms with Crippen molar-refractivity contribution in [2.75, 3.05) is 13.2 Å². The Morgan fingerprint density at radius 3 is 1.00 bits per heavy atom. The lowest BCUT2D eigenvalue weighted by Gasteiger charge is -2.10. The normalized spacial score (nSPS) is 10.9. The Balaban J connectivity index is 0.890. The van der Waals surface area contributed by atoms with Gasteiger partial charge in [-0.2, -0.15) is 0 Å². The van der Waals surface area contributed by atoms with E-state index in [1.807, 2.05) is 0 Å². The summed E-state index contributed by atoms with van der Waals surface area (Å²) in [5.74, 6) is -1.18. The summed E-state index contributed by atoms with van der Waals surface area (Å²) in [4.78, 5) is 51.8. The fourth-order valence-corrected chi connectivity index (χ4v) is 8.44. The fraction of sp³-hybridized carbons (Fsp3) is 0.375. The first kappa shape index (κ1) is 57.0. The van der Waals surface area contributed by atoms with E-state index in [2.05, 4.69) is 13.8 Å². The van der Waals surface area contributed by atoms with Gasteiger partial charge in [-0.15, -0.1) is 0 Å². The molecule has 0 fully saturated rings. The van der Waals surface area contributed by atoms with Crippen molar-refractivity contribution in [2.24, 2.45) is 0 Å². The predicted octanol–water partition coefficient (Wildman–Crippen LogP) is 17.0. The minimum absolute atomic E-state index is 0.0260. The molecule has 0 atom stereocenters. The van der Waals surface area contributed by atoms with Crippen LogP contribution in [0, 0.1) is 5.82 Å². The molecular weight excluding hydrogens is 948 g/mol. The summed E-state index contributed by atoms with van der Waals surface area (Å²) in [5.41, 5.74) is 1.68. The molecule has 0 aromatic heterocycles. The zero-order chi connectivity index (χ0) is 52.9. The molecule has 0 amide bonds. The molecule has 0 aliphatic heterocycles. The first-order valence-electron chi connectivity index (χ1n) is 27.1. The van der Waals surface area contributed by atoms with Gasteiger partial charge in [-0.1, -0.05) is 142 Å². The first-order chi connectivity index (χ1) is 36.7. The Morgan fingerprint density at radius 1 is 0.333 bits per heavy atom. The van der Waals surface area contributed by atoms with Gasteiger partial charge in [-0.3, -0.25) is 0 Å². The van der Waals surface area contributed by atoms with Crippen molar-refractivity contribution in [3.8, 4) is 45.6 Å². The summed E-state index contributed by atoms with van der Waals surface area (Å²) in [7, 11) is 0. The Bertz CT molecular complexity index is 2660. The number of hydrogen-bond donors (Lipinski definition) is 0. The molecule has 6 rings (SSSR count). The molecule has 0 unspecified atom stereocenters. The summed E-state index contributed by atoms with van der Waals surface area (Å²) in [6.07, 6.45) is 25.1. The molecule has 0 saturated carbocycles. The van der Waals surface area contributed by atoms with Crippen LogP contribution < -0.4 is 28.4 Å². The maximum absolute atomic E-state index is 15.5. The van der Waals surface area contributed by atoms with Crippen LogP contribution in [0.25, 0.3) is 11.1 Å². The zero-order valence-corrected chi connectivity index (χ0v) is 43.8. The second kappa shape index (κ2) is 32.1. The van der Waals surface area contributed by atoms with Crippen LogP contribution in [0.5, 0.6) is 34.5 Å². The highest BCUT2D eigenvalue weighted by atomic mass is 19.1. The molecule has 0 bridgehead atoms. The number of rotatable bonds is 33. The van der Waals surface area contributed by atoms with Crippen LogP contribution in [-0.2, 0) is 0 Å². The second-order valence-electron chi connectivity index (χ2n) is 18.9. The molecule has 11 heteroatoms. The van der Waals surface area contributed by atoms with E-state index in [9.17, 15) is 19.2 Å². The topological polar surface area (TPSA) is 124 Å². The largest absolute Gasteiger partial charge is 0.494 e. The van der Waals surface area contributed by atoms with Crippen molar-refractivity contribution >= 4 is 23.9 Å². The first-order valence-corrected chi connectivity index (χ1v) is 27.1. The summed E-state index contributed by atoms with van der Waals surface area (Å²) in [6.45, 7) is 5.73. The summed E-state index contributed by atoms with van der Waals surface area (Å²) >= 11 is 0. The molecular formula is C64H73FO10. The zero-order valence-electron chi connectivity index (χ0n) is 43.8. The molecule has 0 aliphatic rings. The van der Waals surface area contributed by atoms with Crippen molar-refractivity contribution in [2.45, 2.75) is 142 Å². The summed E-state index contributed by atoms with van der Waals surface area (Å²) < 4.78 is 49.4. The molecule has 0 N–H and O–H groups in total. The predicted molar refractivity (Wildman–Crippen MR) is 292 cm³/mol. The number of carbonyl (C=O) groups excluding carboxylic acids is 4. The van der Waals surface area contributed by atoms with Gasteiger partial charge in [0, 0.05) is 11.6 Å². The van der Waals surface area contributed by atoms with E-state index >= 15 is 4.39 Å². The van der Waals surface area contributed by atoms with E-state index < -0.39 is 29.7 Å². The number of carbonyl (C=O) groups is 4. The van der Waals surface area contributed by atoms with Crippen molar-refractivity contribution in [3.63, 3.8) is 0 Å². The smallest absolute Gasteiger partial charge is 0.343 e. The van der Waals surface area contributed by atoms with Gasteiger partial charge < -0.3 is 28.4 Å². The maximum atomic E-state index is 15.5. The van der Waals surface area contributed by atoms with E-state index in [0.29, 0.717) is 41.4 Å². The van der Waals surface area contributed by atoms with Crippen LogP contribution in [0.1, 0.15) is 184 Å². The molecule has 0 aliphatic carbocycles. The SMILES string of the molecule is CCCCCCCCCCCCOc1ccc(C(=O)Oc2ccc(C(=O)Oc3cccc(-c4ccc(OC(=O)c5ccc(OC(=O)c6ccc(OCCCCCCCCCCCC)cc6)cc5)cc4F)c3)cc2)cc1. The molecule has 0 spiro atoms.